The zero-order valence-corrected chi connectivity index (χ0v) is 13.7. The van der Waals surface area contributed by atoms with Crippen LogP contribution in [0.25, 0.3) is 0 Å². The van der Waals surface area contributed by atoms with Crippen LogP contribution in [0.4, 0.5) is 0 Å². The van der Waals surface area contributed by atoms with E-state index in [2.05, 4.69) is 0 Å². The summed E-state index contributed by atoms with van der Waals surface area (Å²) in [7, 11) is -3.08. The van der Waals surface area contributed by atoms with Crippen molar-refractivity contribution < 1.29 is 13.2 Å². The van der Waals surface area contributed by atoms with Gasteiger partial charge in [0.1, 0.15) is 5.75 Å². The second kappa shape index (κ2) is 7.27. The molecule has 118 valence electrons. The van der Waals surface area contributed by atoms with Crippen LogP contribution in [0.15, 0.2) is 24.3 Å². The van der Waals surface area contributed by atoms with Gasteiger partial charge < -0.3 is 4.74 Å². The van der Waals surface area contributed by atoms with Crippen molar-refractivity contribution in [3.8, 4) is 5.75 Å². The Bertz CT molecular complexity index is 556. The molecule has 4 nitrogen and oxygen atoms in total. The molecule has 0 N–H and O–H groups in total. The van der Waals surface area contributed by atoms with Gasteiger partial charge in [0.25, 0.3) is 0 Å². The Kier molecular flexibility index (Phi) is 5.65. The average molecular weight is 311 g/mol. The van der Waals surface area contributed by atoms with Crippen molar-refractivity contribution in [3.63, 3.8) is 0 Å². The normalized spacial score (nSPS) is 20.4. The van der Waals surface area contributed by atoms with Gasteiger partial charge in [-0.05, 0) is 43.9 Å². The van der Waals surface area contributed by atoms with E-state index in [0.29, 0.717) is 26.1 Å². The molecule has 1 fully saturated rings. The zero-order valence-electron chi connectivity index (χ0n) is 12.9. The maximum Gasteiger partial charge on any atom is 0.214 e. The van der Waals surface area contributed by atoms with E-state index in [1.54, 1.807) is 4.31 Å². The van der Waals surface area contributed by atoms with Crippen molar-refractivity contribution in [1.29, 1.82) is 0 Å². The van der Waals surface area contributed by atoms with Crippen molar-refractivity contribution in [2.75, 3.05) is 25.4 Å². The highest BCUT2D eigenvalue weighted by molar-refractivity contribution is 7.89. The summed E-state index contributed by atoms with van der Waals surface area (Å²) in [5, 5.41) is 0. The lowest BCUT2D eigenvalue weighted by Gasteiger charge is -2.31. The number of ether oxygens (including phenoxy) is 1. The molecule has 1 aromatic carbocycles. The third-order valence-electron chi connectivity index (χ3n) is 3.81. The second-order valence-corrected chi connectivity index (χ2v) is 7.90. The number of sulfonamides is 1. The number of hydrogen-bond donors (Lipinski definition) is 0. The van der Waals surface area contributed by atoms with E-state index in [4.69, 9.17) is 4.74 Å². The minimum absolute atomic E-state index is 0.248. The van der Waals surface area contributed by atoms with Crippen LogP contribution in [0, 0.1) is 12.8 Å². The fourth-order valence-electron chi connectivity index (χ4n) is 2.72. The van der Waals surface area contributed by atoms with Crippen LogP contribution in [-0.2, 0) is 10.0 Å². The zero-order chi connectivity index (χ0) is 15.3. The number of piperidine rings is 1. The molecule has 1 aliphatic heterocycles. The van der Waals surface area contributed by atoms with Crippen molar-refractivity contribution in [2.45, 2.75) is 33.1 Å². The minimum atomic E-state index is -3.08. The lowest BCUT2D eigenvalue weighted by molar-refractivity contribution is 0.180. The van der Waals surface area contributed by atoms with Crippen molar-refractivity contribution in [3.05, 3.63) is 29.8 Å². The highest BCUT2D eigenvalue weighted by atomic mass is 32.2. The molecule has 1 saturated heterocycles. The van der Waals surface area contributed by atoms with E-state index >= 15 is 0 Å². The summed E-state index contributed by atoms with van der Waals surface area (Å²) in [6.07, 6.45) is 2.62. The molecule has 1 atom stereocenters. The Balaban J connectivity index is 1.90. The average Bonchev–Trinajstić information content (AvgIpc) is 2.45. The molecule has 2 rings (SSSR count). The molecule has 0 aliphatic carbocycles. The molecule has 1 aliphatic rings. The molecule has 0 saturated carbocycles. The van der Waals surface area contributed by atoms with Gasteiger partial charge in [0, 0.05) is 19.0 Å². The maximum absolute atomic E-state index is 12.1. The van der Waals surface area contributed by atoms with E-state index in [0.717, 1.165) is 18.6 Å². The Morgan fingerprint density at radius 2 is 2.19 bits per heavy atom. The quantitative estimate of drug-likeness (QED) is 0.811. The predicted molar refractivity (Wildman–Crippen MR) is 85.0 cm³/mol. The van der Waals surface area contributed by atoms with Crippen LogP contribution >= 0.6 is 0 Å². The molecular formula is C16H25NO3S. The maximum atomic E-state index is 12.1. The van der Waals surface area contributed by atoms with Gasteiger partial charge in [-0.15, -0.1) is 0 Å². The van der Waals surface area contributed by atoms with Crippen LogP contribution in [0.1, 0.15) is 31.7 Å². The van der Waals surface area contributed by atoms with Gasteiger partial charge in [-0.25, -0.2) is 12.7 Å². The van der Waals surface area contributed by atoms with E-state index in [9.17, 15) is 8.42 Å². The fourth-order valence-corrected chi connectivity index (χ4v) is 4.34. The summed E-state index contributed by atoms with van der Waals surface area (Å²) in [4.78, 5) is 0. The number of rotatable bonds is 6. The van der Waals surface area contributed by atoms with Crippen LogP contribution in [0.2, 0.25) is 0 Å². The number of hydrogen-bond acceptors (Lipinski definition) is 3. The first-order valence-electron chi connectivity index (χ1n) is 7.68. The molecule has 0 amide bonds. The highest BCUT2D eigenvalue weighted by Crippen LogP contribution is 2.21. The van der Waals surface area contributed by atoms with E-state index in [-0.39, 0.29) is 11.7 Å². The first-order chi connectivity index (χ1) is 10.0. The first kappa shape index (κ1) is 16.3. The SMILES string of the molecule is CCCS(=O)(=O)N1CCCC(COc2cccc(C)c2)C1. The summed E-state index contributed by atoms with van der Waals surface area (Å²) in [6.45, 7) is 5.77. The Hall–Kier alpha value is -1.07. The van der Waals surface area contributed by atoms with E-state index in [1.807, 2.05) is 38.1 Å². The third-order valence-corrected chi connectivity index (χ3v) is 5.86. The monoisotopic (exact) mass is 311 g/mol. The summed E-state index contributed by atoms with van der Waals surface area (Å²) < 4.78 is 31.7. The summed E-state index contributed by atoms with van der Waals surface area (Å²) in [6, 6.07) is 7.96. The molecular weight excluding hydrogens is 286 g/mol. The fraction of sp³-hybridized carbons (Fsp3) is 0.625. The summed E-state index contributed by atoms with van der Waals surface area (Å²) in [5.74, 6) is 1.40. The smallest absolute Gasteiger partial charge is 0.214 e. The van der Waals surface area contributed by atoms with Crippen LogP contribution in [-0.4, -0.2) is 38.2 Å². The third kappa shape index (κ3) is 4.71. The van der Waals surface area contributed by atoms with Gasteiger partial charge in [-0.1, -0.05) is 19.1 Å². The summed E-state index contributed by atoms with van der Waals surface area (Å²) >= 11 is 0. The van der Waals surface area contributed by atoms with Crippen LogP contribution in [0.3, 0.4) is 0 Å². The van der Waals surface area contributed by atoms with Crippen molar-refractivity contribution in [2.24, 2.45) is 5.92 Å². The highest BCUT2D eigenvalue weighted by Gasteiger charge is 2.28. The minimum Gasteiger partial charge on any atom is -0.493 e. The predicted octanol–water partition coefficient (Wildman–Crippen LogP) is 2.83. The van der Waals surface area contributed by atoms with Gasteiger partial charge in [-0.3, -0.25) is 0 Å². The Labute approximate surface area is 128 Å². The van der Waals surface area contributed by atoms with Crippen molar-refractivity contribution in [1.82, 2.24) is 4.31 Å². The van der Waals surface area contributed by atoms with Crippen LogP contribution in [0.5, 0.6) is 5.75 Å². The van der Waals surface area contributed by atoms with E-state index < -0.39 is 10.0 Å². The molecule has 0 spiro atoms. The Morgan fingerprint density at radius 3 is 2.90 bits per heavy atom. The van der Waals surface area contributed by atoms with Gasteiger partial charge in [-0.2, -0.15) is 0 Å². The van der Waals surface area contributed by atoms with Gasteiger partial charge in [0.05, 0.1) is 12.4 Å². The Morgan fingerprint density at radius 1 is 1.38 bits per heavy atom. The molecule has 21 heavy (non-hydrogen) atoms. The van der Waals surface area contributed by atoms with E-state index in [1.165, 1.54) is 5.56 Å². The van der Waals surface area contributed by atoms with Crippen LogP contribution < -0.4 is 4.74 Å². The standard InChI is InChI=1S/C16H25NO3S/c1-3-10-21(18,19)17-9-5-7-15(12-17)13-20-16-8-4-6-14(2)11-16/h4,6,8,11,15H,3,5,7,9-10,12-13H2,1-2H3. The lowest BCUT2D eigenvalue weighted by Crippen LogP contribution is -2.42. The molecule has 1 aromatic rings. The van der Waals surface area contributed by atoms with Gasteiger partial charge >= 0.3 is 0 Å². The number of benzene rings is 1. The molecule has 1 unspecified atom stereocenters. The molecule has 1 heterocycles. The van der Waals surface area contributed by atoms with Gasteiger partial charge in [0.2, 0.25) is 10.0 Å². The van der Waals surface area contributed by atoms with Crippen molar-refractivity contribution >= 4 is 10.0 Å². The number of aryl methyl sites for hydroxylation is 1. The second-order valence-electron chi connectivity index (χ2n) is 5.81. The largest absolute Gasteiger partial charge is 0.493 e. The number of nitrogens with zero attached hydrogens (tertiary/aromatic N) is 1. The molecule has 0 bridgehead atoms. The lowest BCUT2D eigenvalue weighted by atomic mass is 10.0. The summed E-state index contributed by atoms with van der Waals surface area (Å²) in [5.41, 5.74) is 1.17. The van der Waals surface area contributed by atoms with Gasteiger partial charge in [0.15, 0.2) is 0 Å². The molecule has 5 heteroatoms. The first-order valence-corrected chi connectivity index (χ1v) is 9.29. The molecule has 0 radical (unpaired) electrons. The molecule has 0 aromatic heterocycles. The topological polar surface area (TPSA) is 46.6 Å².